The number of aliphatic hydroxyl groups is 1. The van der Waals surface area contributed by atoms with Crippen LogP contribution < -0.4 is 16.6 Å². The second kappa shape index (κ2) is 6.13. The van der Waals surface area contributed by atoms with Gasteiger partial charge in [0.05, 0.1) is 17.0 Å². The maximum atomic E-state index is 10.9. The molecule has 0 spiro atoms. The van der Waals surface area contributed by atoms with E-state index < -0.39 is 5.60 Å². The minimum atomic E-state index is -0.838. The van der Waals surface area contributed by atoms with Crippen LogP contribution in [0.15, 0.2) is 30.5 Å². The Morgan fingerprint density at radius 1 is 1.30 bits per heavy atom. The summed E-state index contributed by atoms with van der Waals surface area (Å²) >= 11 is 1.52. The second-order valence-corrected chi connectivity index (χ2v) is 8.52. The summed E-state index contributed by atoms with van der Waals surface area (Å²) in [5.41, 5.74) is 7.05. The quantitative estimate of drug-likeness (QED) is 0.468. The first-order chi connectivity index (χ1) is 12.7. The molecule has 1 aliphatic carbocycles. The molecule has 1 aliphatic rings. The number of nitrogens with zero attached hydrogens (tertiary/aromatic N) is 3. The highest BCUT2D eigenvalue weighted by molar-refractivity contribution is 7.18. The van der Waals surface area contributed by atoms with Gasteiger partial charge in [-0.3, -0.25) is 5.01 Å². The molecule has 7 nitrogen and oxygen atoms in total. The van der Waals surface area contributed by atoms with Crippen molar-refractivity contribution >= 4 is 33.1 Å². The van der Waals surface area contributed by atoms with E-state index in [1.807, 2.05) is 31.2 Å². The number of thiophene rings is 1. The molecule has 0 radical (unpaired) electrons. The topological polar surface area (TPSA) is 111 Å². The smallest absolute Gasteiger partial charge is 0.165 e. The standard InChI is InChI=1S/C19H23N5O2S/c1-18(26-3)9-19(25,10-18)15-7-11-4-5-14(23-17(11)27-15)12-6-13(20)16(22-8-12)24(2)21/h4-8,25H,9-10,20-21H2,1-3H3. The van der Waals surface area contributed by atoms with Gasteiger partial charge >= 0.3 is 0 Å². The number of ether oxygens (including phenoxy) is 1. The van der Waals surface area contributed by atoms with E-state index in [0.29, 0.717) is 24.3 Å². The van der Waals surface area contributed by atoms with E-state index in [1.165, 1.54) is 16.3 Å². The Kier molecular flexibility index (Phi) is 4.12. The first-order valence-electron chi connectivity index (χ1n) is 8.66. The number of methoxy groups -OCH3 is 1. The van der Waals surface area contributed by atoms with Crippen LogP contribution in [0.1, 0.15) is 24.6 Å². The largest absolute Gasteiger partial charge is 0.396 e. The molecule has 142 valence electrons. The first-order valence-corrected chi connectivity index (χ1v) is 9.48. The van der Waals surface area contributed by atoms with Crippen LogP contribution in [-0.2, 0) is 10.3 Å². The zero-order valence-electron chi connectivity index (χ0n) is 15.6. The minimum absolute atomic E-state index is 0.259. The summed E-state index contributed by atoms with van der Waals surface area (Å²) in [4.78, 5) is 10.9. The number of anilines is 2. The highest BCUT2D eigenvalue weighted by Gasteiger charge is 2.53. The van der Waals surface area contributed by atoms with Gasteiger partial charge in [-0.25, -0.2) is 15.8 Å². The molecule has 0 bridgehead atoms. The number of pyridine rings is 2. The van der Waals surface area contributed by atoms with Gasteiger partial charge in [-0.05, 0) is 31.2 Å². The third-order valence-corrected chi connectivity index (χ3v) is 6.43. The molecular formula is C19H23N5O2S. The normalized spacial score (nSPS) is 24.8. The lowest BCUT2D eigenvalue weighted by Gasteiger charge is -2.50. The lowest BCUT2D eigenvalue weighted by atomic mass is 9.67. The van der Waals surface area contributed by atoms with E-state index >= 15 is 0 Å². The van der Waals surface area contributed by atoms with Crippen molar-refractivity contribution in [3.8, 4) is 11.3 Å². The Bertz CT molecular complexity index is 1010. The van der Waals surface area contributed by atoms with E-state index in [-0.39, 0.29) is 5.60 Å². The van der Waals surface area contributed by atoms with E-state index in [1.54, 1.807) is 20.4 Å². The SMILES string of the molecule is COC1(C)CC(O)(c2cc3ccc(-c4cnc(N(C)N)c(N)c4)nc3s2)C1. The predicted molar refractivity (Wildman–Crippen MR) is 108 cm³/mol. The molecule has 5 N–H and O–H groups in total. The van der Waals surface area contributed by atoms with Gasteiger partial charge < -0.3 is 15.6 Å². The summed E-state index contributed by atoms with van der Waals surface area (Å²) in [6.45, 7) is 2.02. The van der Waals surface area contributed by atoms with Crippen molar-refractivity contribution in [2.45, 2.75) is 31.0 Å². The lowest BCUT2D eigenvalue weighted by molar-refractivity contribution is -0.189. The number of hydrogen-bond acceptors (Lipinski definition) is 8. The number of aromatic nitrogens is 2. The van der Waals surface area contributed by atoms with E-state index in [9.17, 15) is 5.11 Å². The molecule has 0 aliphatic heterocycles. The van der Waals surface area contributed by atoms with Crippen LogP contribution in [0.5, 0.6) is 0 Å². The fourth-order valence-electron chi connectivity index (χ4n) is 3.72. The zero-order valence-corrected chi connectivity index (χ0v) is 16.4. The maximum absolute atomic E-state index is 10.9. The third-order valence-electron chi connectivity index (χ3n) is 5.19. The number of hydrogen-bond donors (Lipinski definition) is 3. The number of fused-ring (bicyclic) bond motifs is 1. The Labute approximate surface area is 161 Å². The monoisotopic (exact) mass is 385 g/mol. The van der Waals surface area contributed by atoms with Crippen molar-refractivity contribution in [1.82, 2.24) is 9.97 Å². The molecule has 27 heavy (non-hydrogen) atoms. The summed E-state index contributed by atoms with van der Waals surface area (Å²) < 4.78 is 5.48. The van der Waals surface area contributed by atoms with Gasteiger partial charge in [0.25, 0.3) is 0 Å². The van der Waals surface area contributed by atoms with Crippen LogP contribution in [-0.4, -0.2) is 34.8 Å². The summed E-state index contributed by atoms with van der Waals surface area (Å²) in [6, 6.07) is 7.78. The fraction of sp³-hybridized carbons (Fsp3) is 0.368. The molecule has 0 unspecified atom stereocenters. The van der Waals surface area contributed by atoms with Crippen molar-refractivity contribution < 1.29 is 9.84 Å². The van der Waals surface area contributed by atoms with Gasteiger partial charge in [0.15, 0.2) is 5.82 Å². The molecular weight excluding hydrogens is 362 g/mol. The van der Waals surface area contributed by atoms with Crippen LogP contribution in [0, 0.1) is 0 Å². The zero-order chi connectivity index (χ0) is 19.4. The number of nitrogens with two attached hydrogens (primary N) is 2. The molecule has 8 heteroatoms. The van der Waals surface area contributed by atoms with E-state index in [2.05, 4.69) is 4.98 Å². The van der Waals surface area contributed by atoms with Crippen LogP contribution in [0.2, 0.25) is 0 Å². The average molecular weight is 385 g/mol. The van der Waals surface area contributed by atoms with Crippen molar-refractivity contribution in [3.05, 3.63) is 35.3 Å². The summed E-state index contributed by atoms with van der Waals surface area (Å²) in [5, 5.41) is 13.3. The van der Waals surface area contributed by atoms with E-state index in [4.69, 9.17) is 21.3 Å². The molecule has 1 saturated carbocycles. The predicted octanol–water partition coefficient (Wildman–Crippen LogP) is 2.64. The van der Waals surface area contributed by atoms with Crippen LogP contribution in [0.25, 0.3) is 21.5 Å². The fourth-order valence-corrected chi connectivity index (χ4v) is 4.84. The van der Waals surface area contributed by atoms with E-state index in [0.717, 1.165) is 26.4 Å². The highest BCUT2D eigenvalue weighted by atomic mass is 32.1. The molecule has 0 aromatic carbocycles. The van der Waals surface area contributed by atoms with Crippen molar-refractivity contribution in [2.24, 2.45) is 5.84 Å². The van der Waals surface area contributed by atoms with Gasteiger partial charge in [0.2, 0.25) is 0 Å². The molecule has 0 saturated heterocycles. The van der Waals surface area contributed by atoms with Crippen LogP contribution in [0.3, 0.4) is 0 Å². The minimum Gasteiger partial charge on any atom is -0.396 e. The number of nitrogen functional groups attached to an aromatic ring is 1. The summed E-state index contributed by atoms with van der Waals surface area (Å²) in [6.07, 6.45) is 2.89. The van der Waals surface area contributed by atoms with Gasteiger partial charge in [-0.1, -0.05) is 0 Å². The Morgan fingerprint density at radius 3 is 2.67 bits per heavy atom. The molecule has 1 fully saturated rings. The van der Waals surface area contributed by atoms with Gasteiger partial charge in [0.1, 0.15) is 10.4 Å². The van der Waals surface area contributed by atoms with Crippen molar-refractivity contribution in [1.29, 1.82) is 0 Å². The number of hydrazine groups is 1. The molecule has 3 aromatic heterocycles. The molecule has 3 heterocycles. The van der Waals surface area contributed by atoms with Gasteiger partial charge in [0, 0.05) is 49.0 Å². The maximum Gasteiger partial charge on any atom is 0.165 e. The van der Waals surface area contributed by atoms with Crippen LogP contribution in [0.4, 0.5) is 11.5 Å². The first kappa shape index (κ1) is 18.1. The van der Waals surface area contributed by atoms with Crippen molar-refractivity contribution in [3.63, 3.8) is 0 Å². The Balaban J connectivity index is 1.67. The average Bonchev–Trinajstić information content (AvgIpc) is 3.03. The summed E-state index contributed by atoms with van der Waals surface area (Å²) in [7, 11) is 3.38. The third kappa shape index (κ3) is 3.04. The van der Waals surface area contributed by atoms with Crippen LogP contribution >= 0.6 is 11.3 Å². The number of rotatable bonds is 4. The molecule has 0 atom stereocenters. The van der Waals surface area contributed by atoms with Crippen molar-refractivity contribution in [2.75, 3.05) is 24.9 Å². The Morgan fingerprint density at radius 2 is 2.04 bits per heavy atom. The Hall–Kier alpha value is -2.26. The lowest BCUT2D eigenvalue weighted by Crippen LogP contribution is -2.53. The summed E-state index contributed by atoms with van der Waals surface area (Å²) in [5.74, 6) is 6.23. The molecule has 0 amide bonds. The van der Waals surface area contributed by atoms with Gasteiger partial charge in [-0.15, -0.1) is 11.3 Å². The second-order valence-electron chi connectivity index (χ2n) is 7.49. The highest BCUT2D eigenvalue weighted by Crippen LogP contribution is 2.52. The van der Waals surface area contributed by atoms with Gasteiger partial charge in [-0.2, -0.15) is 0 Å². The molecule has 3 aromatic rings. The molecule has 4 rings (SSSR count).